The second kappa shape index (κ2) is 10.3. The zero-order valence-corrected chi connectivity index (χ0v) is 20.8. The van der Waals surface area contributed by atoms with Crippen LogP contribution >= 0.6 is 11.6 Å². The summed E-state index contributed by atoms with van der Waals surface area (Å²) in [5.41, 5.74) is 4.51. The fraction of sp³-hybridized carbons (Fsp3) is 0.222. The first-order valence-electron chi connectivity index (χ1n) is 11.7. The van der Waals surface area contributed by atoms with Gasteiger partial charge in [-0.2, -0.15) is 5.10 Å². The Morgan fingerprint density at radius 2 is 1.97 bits per heavy atom. The van der Waals surface area contributed by atoms with Crippen LogP contribution in [0.2, 0.25) is 5.02 Å². The SMILES string of the molecule is CC(=O)NCCN=Cc1ccc2c(Nc3cccc(-c4ccc5c(c4)OCCO5)c3Cl)nn(C)c2c1. The number of amides is 1. The van der Waals surface area contributed by atoms with Crippen LogP contribution in [-0.4, -0.2) is 48.2 Å². The number of rotatable bonds is 7. The van der Waals surface area contributed by atoms with E-state index in [9.17, 15) is 4.79 Å². The number of fused-ring (bicyclic) bond motifs is 2. The normalized spacial score (nSPS) is 12.8. The number of nitrogens with one attached hydrogen (secondary N) is 2. The number of aromatic nitrogens is 2. The number of aliphatic imine (C=N–C) groups is 1. The molecule has 0 fully saturated rings. The summed E-state index contributed by atoms with van der Waals surface area (Å²) in [6.07, 6.45) is 1.80. The van der Waals surface area contributed by atoms with E-state index in [0.717, 1.165) is 44.8 Å². The van der Waals surface area contributed by atoms with Gasteiger partial charge in [-0.25, -0.2) is 0 Å². The number of anilines is 2. The summed E-state index contributed by atoms with van der Waals surface area (Å²) >= 11 is 6.85. The van der Waals surface area contributed by atoms with E-state index in [2.05, 4.69) is 20.7 Å². The summed E-state index contributed by atoms with van der Waals surface area (Å²) in [4.78, 5) is 15.3. The van der Waals surface area contributed by atoms with Crippen LogP contribution in [0.15, 0.2) is 59.6 Å². The summed E-state index contributed by atoms with van der Waals surface area (Å²) in [7, 11) is 1.90. The van der Waals surface area contributed by atoms with E-state index in [-0.39, 0.29) is 5.91 Å². The molecule has 0 atom stereocenters. The Morgan fingerprint density at radius 3 is 2.81 bits per heavy atom. The topological polar surface area (TPSA) is 89.8 Å². The monoisotopic (exact) mass is 503 g/mol. The molecule has 5 rings (SSSR count). The Morgan fingerprint density at radius 1 is 1.14 bits per heavy atom. The van der Waals surface area contributed by atoms with Crippen LogP contribution in [0.4, 0.5) is 11.5 Å². The highest BCUT2D eigenvalue weighted by Crippen LogP contribution is 2.40. The standard InChI is InChI=1S/C27H26ClN5O3/c1-17(34)30-11-10-29-16-18-6-8-21-23(14-18)33(2)32-27(21)31-22-5-3-4-20(26(22)28)19-7-9-24-25(15-19)36-13-12-35-24/h3-9,14-16H,10-13H2,1-2H3,(H,30,34)(H,31,32). The van der Waals surface area contributed by atoms with E-state index in [1.807, 2.05) is 66.3 Å². The molecule has 0 radical (unpaired) electrons. The molecule has 0 saturated heterocycles. The average molecular weight is 504 g/mol. The number of halogens is 1. The van der Waals surface area contributed by atoms with Gasteiger partial charge in [-0.05, 0) is 41.5 Å². The van der Waals surface area contributed by atoms with Crippen LogP contribution in [0.3, 0.4) is 0 Å². The van der Waals surface area contributed by atoms with Crippen molar-refractivity contribution in [3.05, 3.63) is 65.2 Å². The first-order valence-corrected chi connectivity index (χ1v) is 12.0. The first-order chi connectivity index (χ1) is 17.5. The lowest BCUT2D eigenvalue weighted by Crippen LogP contribution is -2.22. The van der Waals surface area contributed by atoms with Gasteiger partial charge in [0.05, 0.1) is 22.8 Å². The van der Waals surface area contributed by atoms with Crippen LogP contribution in [0.1, 0.15) is 12.5 Å². The van der Waals surface area contributed by atoms with Crippen molar-refractivity contribution in [2.75, 3.05) is 31.6 Å². The molecular weight excluding hydrogens is 478 g/mol. The fourth-order valence-corrected chi connectivity index (χ4v) is 4.39. The highest BCUT2D eigenvalue weighted by atomic mass is 35.5. The van der Waals surface area contributed by atoms with E-state index in [1.54, 1.807) is 6.21 Å². The van der Waals surface area contributed by atoms with Gasteiger partial charge in [0.1, 0.15) is 13.2 Å². The summed E-state index contributed by atoms with van der Waals surface area (Å²) in [6, 6.07) is 17.7. The minimum Gasteiger partial charge on any atom is -0.486 e. The molecule has 0 aliphatic carbocycles. The van der Waals surface area contributed by atoms with Gasteiger partial charge < -0.3 is 20.1 Å². The van der Waals surface area contributed by atoms with Crippen molar-refractivity contribution in [2.24, 2.45) is 12.0 Å². The number of carbonyl (C=O) groups excluding carboxylic acids is 1. The molecule has 1 aliphatic heterocycles. The summed E-state index contributed by atoms with van der Waals surface area (Å²) in [5, 5.41) is 12.4. The lowest BCUT2D eigenvalue weighted by atomic mass is 10.0. The van der Waals surface area contributed by atoms with Gasteiger partial charge >= 0.3 is 0 Å². The van der Waals surface area contributed by atoms with Gasteiger partial charge in [-0.3, -0.25) is 14.5 Å². The van der Waals surface area contributed by atoms with Gasteiger partial charge in [0.2, 0.25) is 5.91 Å². The maximum Gasteiger partial charge on any atom is 0.216 e. The zero-order chi connectivity index (χ0) is 25.1. The maximum atomic E-state index is 11.0. The quantitative estimate of drug-likeness (QED) is 0.275. The molecule has 2 heterocycles. The molecule has 0 bridgehead atoms. The third kappa shape index (κ3) is 4.99. The van der Waals surface area contributed by atoms with Crippen LogP contribution in [0.5, 0.6) is 11.5 Å². The molecule has 1 amide bonds. The zero-order valence-electron chi connectivity index (χ0n) is 20.0. The van der Waals surface area contributed by atoms with Gasteiger partial charge in [-0.15, -0.1) is 0 Å². The highest BCUT2D eigenvalue weighted by molar-refractivity contribution is 6.36. The Kier molecular flexibility index (Phi) is 6.77. The van der Waals surface area contributed by atoms with E-state index < -0.39 is 0 Å². The van der Waals surface area contributed by atoms with Crippen LogP contribution < -0.4 is 20.1 Å². The third-order valence-corrected chi connectivity index (χ3v) is 6.24. The predicted molar refractivity (Wildman–Crippen MR) is 143 cm³/mol. The van der Waals surface area contributed by atoms with E-state index >= 15 is 0 Å². The smallest absolute Gasteiger partial charge is 0.216 e. The van der Waals surface area contributed by atoms with Crippen LogP contribution in [0, 0.1) is 0 Å². The lowest BCUT2D eigenvalue weighted by molar-refractivity contribution is -0.118. The average Bonchev–Trinajstić information content (AvgIpc) is 3.19. The number of hydrogen-bond donors (Lipinski definition) is 2. The Labute approximate surface area is 213 Å². The summed E-state index contributed by atoms with van der Waals surface area (Å²) in [5.74, 6) is 2.12. The van der Waals surface area contributed by atoms with Gasteiger partial charge in [0, 0.05) is 37.7 Å². The van der Waals surface area contributed by atoms with Crippen LogP contribution in [-0.2, 0) is 11.8 Å². The van der Waals surface area contributed by atoms with E-state index in [1.165, 1.54) is 6.92 Å². The molecule has 0 unspecified atom stereocenters. The molecule has 36 heavy (non-hydrogen) atoms. The maximum absolute atomic E-state index is 11.0. The molecule has 1 aliphatic rings. The lowest BCUT2D eigenvalue weighted by Gasteiger charge is -2.19. The van der Waals surface area contributed by atoms with E-state index in [4.69, 9.17) is 21.1 Å². The number of hydrogen-bond acceptors (Lipinski definition) is 6. The molecule has 4 aromatic rings. The van der Waals surface area contributed by atoms with Crippen molar-refractivity contribution >= 4 is 46.1 Å². The Balaban J connectivity index is 1.38. The molecule has 3 aromatic carbocycles. The van der Waals surface area contributed by atoms with Crippen molar-refractivity contribution in [3.8, 4) is 22.6 Å². The van der Waals surface area contributed by atoms with Gasteiger partial charge in [0.15, 0.2) is 17.3 Å². The Hall–Kier alpha value is -4.04. The molecule has 184 valence electrons. The molecule has 1 aromatic heterocycles. The summed E-state index contributed by atoms with van der Waals surface area (Å²) in [6.45, 7) is 3.61. The largest absolute Gasteiger partial charge is 0.486 e. The second-order valence-corrected chi connectivity index (χ2v) is 8.80. The van der Waals surface area contributed by atoms with Gasteiger partial charge in [-0.1, -0.05) is 35.9 Å². The number of nitrogens with zero attached hydrogens (tertiary/aromatic N) is 3. The summed E-state index contributed by atoms with van der Waals surface area (Å²) < 4.78 is 13.2. The van der Waals surface area contributed by atoms with Gasteiger partial charge in [0.25, 0.3) is 0 Å². The third-order valence-electron chi connectivity index (χ3n) is 5.84. The second-order valence-electron chi connectivity index (χ2n) is 8.42. The van der Waals surface area contributed by atoms with Crippen molar-refractivity contribution in [2.45, 2.75) is 6.92 Å². The fourth-order valence-electron chi connectivity index (χ4n) is 4.10. The molecule has 9 heteroatoms. The highest BCUT2D eigenvalue weighted by Gasteiger charge is 2.16. The molecule has 8 nitrogen and oxygen atoms in total. The number of benzene rings is 3. The Bertz CT molecular complexity index is 1460. The number of ether oxygens (including phenoxy) is 2. The van der Waals surface area contributed by atoms with Crippen molar-refractivity contribution in [3.63, 3.8) is 0 Å². The molecule has 0 saturated carbocycles. The molecular formula is C27H26ClN5O3. The van der Waals surface area contributed by atoms with E-state index in [0.29, 0.717) is 37.1 Å². The van der Waals surface area contributed by atoms with Crippen molar-refractivity contribution in [1.82, 2.24) is 15.1 Å². The minimum atomic E-state index is -0.0570. The number of aryl methyl sites for hydroxylation is 1. The van der Waals surface area contributed by atoms with Crippen molar-refractivity contribution < 1.29 is 14.3 Å². The van der Waals surface area contributed by atoms with Crippen LogP contribution in [0.25, 0.3) is 22.0 Å². The predicted octanol–water partition coefficient (Wildman–Crippen LogP) is 4.96. The molecule has 2 N–H and O–H groups in total. The van der Waals surface area contributed by atoms with Crippen molar-refractivity contribution in [1.29, 1.82) is 0 Å². The first kappa shape index (κ1) is 23.7. The number of carbonyl (C=O) groups is 1. The minimum absolute atomic E-state index is 0.0570. The molecule has 0 spiro atoms.